The molecular formula is C26H30N6O7. The van der Waals surface area contributed by atoms with Gasteiger partial charge in [-0.25, -0.2) is 0 Å². The Bertz CT molecular complexity index is 1280. The van der Waals surface area contributed by atoms with Gasteiger partial charge in [0.2, 0.25) is 0 Å². The quantitative estimate of drug-likeness (QED) is 0.177. The standard InChI is InChI=1S/C26H30N6O7/c1-37-24-17-23(30-28-21-8-5-19(31-36)15-26(21)39-14-13-35)25(38-2)16-22(24)29-27-18-3-6-20(7-4-18)32(9-11-33)10-12-34/h3-8,15-17,33-35H,9-14H2,1-2H3/b29-27+,30-28+. The molecule has 13 nitrogen and oxygen atoms in total. The number of aliphatic hydroxyl groups is 3. The maximum atomic E-state index is 10.9. The van der Waals surface area contributed by atoms with E-state index in [-0.39, 0.29) is 37.9 Å². The summed E-state index contributed by atoms with van der Waals surface area (Å²) < 4.78 is 16.4. The van der Waals surface area contributed by atoms with Gasteiger partial charge in [0.1, 0.15) is 46.6 Å². The molecule has 39 heavy (non-hydrogen) atoms. The monoisotopic (exact) mass is 538 g/mol. The molecule has 206 valence electrons. The number of hydrogen-bond acceptors (Lipinski definition) is 13. The minimum atomic E-state index is -0.216. The Balaban J connectivity index is 1.86. The van der Waals surface area contributed by atoms with Gasteiger partial charge in [0.25, 0.3) is 0 Å². The molecule has 0 saturated carbocycles. The number of nitroso groups, excluding NO2 is 1. The number of ether oxygens (including phenoxy) is 3. The summed E-state index contributed by atoms with van der Waals surface area (Å²) >= 11 is 0. The Morgan fingerprint density at radius 1 is 0.667 bits per heavy atom. The van der Waals surface area contributed by atoms with E-state index in [1.54, 1.807) is 24.3 Å². The van der Waals surface area contributed by atoms with E-state index in [0.29, 0.717) is 47.3 Å². The lowest BCUT2D eigenvalue weighted by Crippen LogP contribution is -2.29. The predicted molar refractivity (Wildman–Crippen MR) is 145 cm³/mol. The predicted octanol–water partition coefficient (Wildman–Crippen LogP) is 5.09. The highest BCUT2D eigenvalue weighted by Crippen LogP contribution is 2.42. The Kier molecular flexibility index (Phi) is 11.2. The van der Waals surface area contributed by atoms with Crippen molar-refractivity contribution in [3.05, 3.63) is 59.5 Å². The largest absolute Gasteiger partial charge is 0.494 e. The van der Waals surface area contributed by atoms with Crippen molar-refractivity contribution in [3.63, 3.8) is 0 Å². The highest BCUT2D eigenvalue weighted by Gasteiger charge is 2.13. The summed E-state index contributed by atoms with van der Waals surface area (Å²) in [5.41, 5.74) is 2.64. The fourth-order valence-electron chi connectivity index (χ4n) is 3.50. The van der Waals surface area contributed by atoms with E-state index >= 15 is 0 Å². The summed E-state index contributed by atoms with van der Waals surface area (Å²) in [5, 5.41) is 47.5. The fourth-order valence-corrected chi connectivity index (χ4v) is 3.50. The smallest absolute Gasteiger partial charge is 0.149 e. The van der Waals surface area contributed by atoms with Crippen LogP contribution in [0, 0.1) is 4.91 Å². The van der Waals surface area contributed by atoms with E-state index in [1.165, 1.54) is 32.4 Å². The van der Waals surface area contributed by atoms with Crippen molar-refractivity contribution in [2.45, 2.75) is 0 Å². The average molecular weight is 539 g/mol. The van der Waals surface area contributed by atoms with Crippen LogP contribution in [0.3, 0.4) is 0 Å². The third kappa shape index (κ3) is 8.01. The number of azo groups is 2. The molecule has 0 aliphatic carbocycles. The minimum absolute atomic E-state index is 0.00792. The van der Waals surface area contributed by atoms with Gasteiger partial charge < -0.3 is 34.4 Å². The van der Waals surface area contributed by atoms with E-state index in [9.17, 15) is 15.1 Å². The molecule has 0 spiro atoms. The Hall–Kier alpha value is -4.46. The average Bonchev–Trinajstić information content (AvgIpc) is 2.98. The summed E-state index contributed by atoms with van der Waals surface area (Å²) in [6, 6.07) is 14.8. The van der Waals surface area contributed by atoms with Gasteiger partial charge in [0, 0.05) is 37.0 Å². The summed E-state index contributed by atoms with van der Waals surface area (Å²) in [6.07, 6.45) is 0. The van der Waals surface area contributed by atoms with E-state index < -0.39 is 0 Å². The number of hydrogen-bond donors (Lipinski definition) is 3. The molecule has 3 aromatic carbocycles. The van der Waals surface area contributed by atoms with Crippen molar-refractivity contribution in [1.82, 2.24) is 0 Å². The van der Waals surface area contributed by atoms with Crippen molar-refractivity contribution in [2.75, 3.05) is 58.6 Å². The molecule has 3 aromatic rings. The Labute approximate surface area is 225 Å². The molecule has 0 radical (unpaired) electrons. The van der Waals surface area contributed by atoms with Gasteiger partial charge in [-0.3, -0.25) is 0 Å². The molecule has 0 heterocycles. The second-order valence-corrected chi connectivity index (χ2v) is 7.86. The van der Waals surface area contributed by atoms with Gasteiger partial charge in [0.15, 0.2) is 0 Å². The number of aliphatic hydroxyl groups excluding tert-OH is 3. The molecule has 0 atom stereocenters. The number of anilines is 1. The van der Waals surface area contributed by atoms with Gasteiger partial charge in [-0.2, -0.15) is 5.11 Å². The topological polar surface area (TPSA) is 170 Å². The van der Waals surface area contributed by atoms with Crippen molar-refractivity contribution in [2.24, 2.45) is 25.6 Å². The second kappa shape index (κ2) is 15.1. The van der Waals surface area contributed by atoms with E-state index in [0.717, 1.165) is 5.69 Å². The molecule has 13 heteroatoms. The summed E-state index contributed by atoms with van der Waals surface area (Å²) in [4.78, 5) is 12.7. The van der Waals surface area contributed by atoms with E-state index in [4.69, 9.17) is 19.3 Å². The van der Waals surface area contributed by atoms with Crippen LogP contribution >= 0.6 is 0 Å². The van der Waals surface area contributed by atoms with Crippen LogP contribution in [-0.4, -0.2) is 69.1 Å². The molecule has 0 bridgehead atoms. The van der Waals surface area contributed by atoms with Crippen LogP contribution in [0.4, 0.5) is 34.1 Å². The molecule has 0 aliphatic rings. The van der Waals surface area contributed by atoms with Crippen molar-refractivity contribution in [1.29, 1.82) is 0 Å². The lowest BCUT2D eigenvalue weighted by atomic mass is 10.2. The van der Waals surface area contributed by atoms with Crippen molar-refractivity contribution < 1.29 is 29.5 Å². The first-order chi connectivity index (χ1) is 19.1. The molecule has 0 fully saturated rings. The van der Waals surface area contributed by atoms with Crippen LogP contribution in [0.25, 0.3) is 0 Å². The van der Waals surface area contributed by atoms with Crippen LogP contribution in [0.5, 0.6) is 17.2 Å². The highest BCUT2D eigenvalue weighted by molar-refractivity contribution is 5.67. The lowest BCUT2D eigenvalue weighted by Gasteiger charge is -2.22. The zero-order valence-corrected chi connectivity index (χ0v) is 21.6. The third-order valence-electron chi connectivity index (χ3n) is 5.37. The van der Waals surface area contributed by atoms with Crippen LogP contribution in [0.1, 0.15) is 0 Å². The van der Waals surface area contributed by atoms with E-state index in [1.807, 2.05) is 17.0 Å². The summed E-state index contributed by atoms with van der Waals surface area (Å²) in [7, 11) is 2.96. The number of rotatable bonds is 15. The molecule has 3 N–H and O–H groups in total. The number of nitrogens with zero attached hydrogens (tertiary/aromatic N) is 6. The Morgan fingerprint density at radius 2 is 1.23 bits per heavy atom. The van der Waals surface area contributed by atoms with E-state index in [2.05, 4.69) is 25.6 Å². The zero-order valence-electron chi connectivity index (χ0n) is 21.6. The lowest BCUT2D eigenvalue weighted by molar-refractivity contribution is 0.202. The summed E-state index contributed by atoms with van der Waals surface area (Å²) in [6.45, 7) is 0.545. The van der Waals surface area contributed by atoms with Crippen LogP contribution in [0.2, 0.25) is 0 Å². The van der Waals surface area contributed by atoms with Crippen LogP contribution < -0.4 is 19.1 Å². The maximum Gasteiger partial charge on any atom is 0.149 e. The second-order valence-electron chi connectivity index (χ2n) is 7.86. The van der Waals surface area contributed by atoms with Gasteiger partial charge in [-0.15, -0.1) is 20.2 Å². The molecule has 0 saturated heterocycles. The van der Waals surface area contributed by atoms with Crippen molar-refractivity contribution >= 4 is 34.1 Å². The SMILES string of the molecule is COc1cc(/N=N/c2ccc(N=O)cc2OCCO)c(OC)cc1/N=N/c1ccc(N(CCO)CCO)cc1. The first kappa shape index (κ1) is 29.1. The zero-order chi connectivity index (χ0) is 28.0. The van der Waals surface area contributed by atoms with Gasteiger partial charge in [-0.05, 0) is 41.6 Å². The van der Waals surface area contributed by atoms with Gasteiger partial charge in [0.05, 0.1) is 39.7 Å². The number of benzene rings is 3. The summed E-state index contributed by atoms with van der Waals surface area (Å²) in [5.74, 6) is 0.971. The minimum Gasteiger partial charge on any atom is -0.494 e. The first-order valence-corrected chi connectivity index (χ1v) is 11.9. The van der Waals surface area contributed by atoms with Crippen LogP contribution in [-0.2, 0) is 0 Å². The van der Waals surface area contributed by atoms with Gasteiger partial charge in [-0.1, -0.05) is 0 Å². The Morgan fingerprint density at radius 3 is 1.77 bits per heavy atom. The highest BCUT2D eigenvalue weighted by atomic mass is 16.5. The molecule has 0 aromatic heterocycles. The fraction of sp³-hybridized carbons (Fsp3) is 0.308. The normalized spacial score (nSPS) is 11.2. The third-order valence-corrected chi connectivity index (χ3v) is 5.37. The molecular weight excluding hydrogens is 508 g/mol. The van der Waals surface area contributed by atoms with Crippen molar-refractivity contribution in [3.8, 4) is 17.2 Å². The molecule has 0 aliphatic heterocycles. The first-order valence-electron chi connectivity index (χ1n) is 11.9. The molecule has 0 unspecified atom stereocenters. The molecule has 0 amide bonds. The number of methoxy groups -OCH3 is 2. The maximum absolute atomic E-state index is 10.9. The van der Waals surface area contributed by atoms with Crippen LogP contribution in [0.15, 0.2) is 80.2 Å². The van der Waals surface area contributed by atoms with Gasteiger partial charge >= 0.3 is 0 Å². The molecule has 3 rings (SSSR count).